The third-order valence-electron chi connectivity index (χ3n) is 3.24. The Morgan fingerprint density at radius 3 is 2.41 bits per heavy atom. The summed E-state index contributed by atoms with van der Waals surface area (Å²) in [5, 5.41) is 0. The van der Waals surface area contributed by atoms with E-state index in [0.29, 0.717) is 6.61 Å². The normalized spacial score (nSPS) is 13.2. The van der Waals surface area contributed by atoms with Gasteiger partial charge in [-0.25, -0.2) is 0 Å². The maximum atomic E-state index is 5.58. The maximum absolute atomic E-state index is 5.58. The first-order valence-corrected chi connectivity index (χ1v) is 6.48. The maximum Gasteiger partial charge on any atom is 0.169 e. The quantitative estimate of drug-likeness (QED) is 0.700. The van der Waals surface area contributed by atoms with Gasteiger partial charge in [0.2, 0.25) is 0 Å². The summed E-state index contributed by atoms with van der Waals surface area (Å²) in [6.45, 7) is 8.82. The van der Waals surface area contributed by atoms with Gasteiger partial charge in [-0.05, 0) is 30.0 Å². The summed E-state index contributed by atoms with van der Waals surface area (Å²) in [7, 11) is 0. The Balaban J connectivity index is 2.47. The lowest BCUT2D eigenvalue weighted by molar-refractivity contribution is 0.286. The topological polar surface area (TPSA) is 9.23 Å². The van der Waals surface area contributed by atoms with Crippen molar-refractivity contribution in [1.29, 1.82) is 0 Å². The van der Waals surface area contributed by atoms with E-state index < -0.39 is 0 Å². The van der Waals surface area contributed by atoms with Gasteiger partial charge in [0.05, 0.1) is 0 Å². The van der Waals surface area contributed by atoms with Crippen LogP contribution in [0.1, 0.15) is 48.9 Å². The van der Waals surface area contributed by atoms with Gasteiger partial charge in [0.15, 0.2) is 5.76 Å². The van der Waals surface area contributed by atoms with E-state index >= 15 is 0 Å². The van der Waals surface area contributed by atoms with Crippen molar-refractivity contribution in [2.24, 2.45) is 0 Å². The van der Waals surface area contributed by atoms with Gasteiger partial charge in [-0.1, -0.05) is 45.1 Å². The van der Waals surface area contributed by atoms with E-state index in [4.69, 9.17) is 4.74 Å². The Morgan fingerprint density at radius 2 is 1.82 bits per heavy atom. The van der Waals surface area contributed by atoms with E-state index in [9.17, 15) is 0 Å². The Morgan fingerprint density at radius 1 is 1.18 bits per heavy atom. The molecule has 0 atom stereocenters. The summed E-state index contributed by atoms with van der Waals surface area (Å²) in [5.74, 6) is 0.820. The number of hydrogen-bond donors (Lipinski definition) is 0. The smallest absolute Gasteiger partial charge is 0.169 e. The molecule has 1 aromatic carbocycles. The summed E-state index contributed by atoms with van der Waals surface area (Å²) in [4.78, 5) is 0. The Kier molecular flexibility index (Phi) is 3.71. The van der Waals surface area contributed by atoms with Crippen molar-refractivity contribution >= 4 is 5.76 Å². The SMILES string of the molecule is C=C=C1OCc2cc(CCC)c(CCC)cc21. The van der Waals surface area contributed by atoms with Crippen LogP contribution in [0.25, 0.3) is 5.76 Å². The number of fused-ring (bicyclic) bond motifs is 1. The molecule has 0 fully saturated rings. The second-order valence-electron chi connectivity index (χ2n) is 4.57. The summed E-state index contributed by atoms with van der Waals surface area (Å²) in [5.41, 5.74) is 8.33. The predicted octanol–water partition coefficient (Wildman–Crippen LogP) is 4.25. The van der Waals surface area contributed by atoms with E-state index in [2.05, 4.69) is 38.3 Å². The lowest BCUT2D eigenvalue weighted by Crippen LogP contribution is -1.97. The zero-order chi connectivity index (χ0) is 12.3. The van der Waals surface area contributed by atoms with Gasteiger partial charge in [-0.2, -0.15) is 0 Å². The average Bonchev–Trinajstić information content (AvgIpc) is 2.72. The third kappa shape index (κ3) is 2.30. The summed E-state index contributed by atoms with van der Waals surface area (Å²) < 4.78 is 5.58. The zero-order valence-corrected chi connectivity index (χ0v) is 10.8. The van der Waals surface area contributed by atoms with Crippen molar-refractivity contribution in [3.63, 3.8) is 0 Å². The molecule has 0 N–H and O–H groups in total. The summed E-state index contributed by atoms with van der Waals surface area (Å²) in [6.07, 6.45) is 4.69. The fourth-order valence-electron chi connectivity index (χ4n) is 2.45. The van der Waals surface area contributed by atoms with Crippen LogP contribution < -0.4 is 0 Å². The van der Waals surface area contributed by atoms with E-state index in [1.165, 1.54) is 35.1 Å². The highest BCUT2D eigenvalue weighted by Gasteiger charge is 2.19. The third-order valence-corrected chi connectivity index (χ3v) is 3.24. The molecule has 17 heavy (non-hydrogen) atoms. The van der Waals surface area contributed by atoms with Crippen LogP contribution in [0.2, 0.25) is 0 Å². The van der Waals surface area contributed by atoms with Gasteiger partial charge in [0.1, 0.15) is 6.61 Å². The van der Waals surface area contributed by atoms with Gasteiger partial charge < -0.3 is 4.74 Å². The highest BCUT2D eigenvalue weighted by Crippen LogP contribution is 2.32. The Hall–Kier alpha value is -1.46. The molecule has 1 nitrogen and oxygen atoms in total. The molecular formula is C16H20O. The molecule has 0 saturated heterocycles. The predicted molar refractivity (Wildman–Crippen MR) is 71.8 cm³/mol. The van der Waals surface area contributed by atoms with Crippen LogP contribution in [0.3, 0.4) is 0 Å². The largest absolute Gasteiger partial charge is 0.481 e. The van der Waals surface area contributed by atoms with Gasteiger partial charge in [0.25, 0.3) is 0 Å². The molecule has 0 aliphatic carbocycles. The number of benzene rings is 1. The molecule has 1 aliphatic heterocycles. The van der Waals surface area contributed by atoms with Crippen molar-refractivity contribution in [2.75, 3.05) is 0 Å². The number of rotatable bonds is 4. The van der Waals surface area contributed by atoms with Crippen molar-refractivity contribution in [3.8, 4) is 0 Å². The molecule has 1 aromatic rings. The van der Waals surface area contributed by atoms with Crippen LogP contribution >= 0.6 is 0 Å². The second kappa shape index (κ2) is 5.25. The molecule has 0 unspecified atom stereocenters. The monoisotopic (exact) mass is 228 g/mol. The van der Waals surface area contributed by atoms with Gasteiger partial charge in [-0.3, -0.25) is 0 Å². The van der Waals surface area contributed by atoms with Crippen LogP contribution in [0.5, 0.6) is 0 Å². The van der Waals surface area contributed by atoms with Crippen molar-refractivity contribution in [2.45, 2.75) is 46.1 Å². The number of aryl methyl sites for hydroxylation is 2. The Labute approximate surface area is 104 Å². The van der Waals surface area contributed by atoms with Crippen LogP contribution in [0.4, 0.5) is 0 Å². The van der Waals surface area contributed by atoms with Crippen LogP contribution in [-0.2, 0) is 24.2 Å². The highest BCUT2D eigenvalue weighted by atomic mass is 16.5. The molecule has 1 heteroatoms. The van der Waals surface area contributed by atoms with Gasteiger partial charge in [-0.15, -0.1) is 0 Å². The molecule has 0 bridgehead atoms. The molecule has 1 aliphatic rings. The fourth-order valence-corrected chi connectivity index (χ4v) is 2.45. The molecule has 90 valence electrons. The molecule has 0 amide bonds. The summed E-state index contributed by atoms with van der Waals surface area (Å²) >= 11 is 0. The fraction of sp³-hybridized carbons (Fsp3) is 0.438. The number of hydrogen-bond acceptors (Lipinski definition) is 1. The first kappa shape index (κ1) is 12.0. The standard InChI is InChI=1S/C16H20O/c1-4-7-12-9-14-11-17-16(6-3)15(14)10-13(12)8-5-2/h9-10H,3-5,7-8,11H2,1-2H3. The second-order valence-corrected chi connectivity index (χ2v) is 4.57. The highest BCUT2D eigenvalue weighted by molar-refractivity contribution is 5.67. The van der Waals surface area contributed by atoms with E-state index in [-0.39, 0.29) is 0 Å². The van der Waals surface area contributed by atoms with Gasteiger partial charge in [0, 0.05) is 11.1 Å². The lowest BCUT2D eigenvalue weighted by Gasteiger charge is -2.10. The minimum absolute atomic E-state index is 0.677. The first-order chi connectivity index (χ1) is 8.30. The molecular weight excluding hydrogens is 208 g/mol. The lowest BCUT2D eigenvalue weighted by atomic mass is 9.94. The minimum Gasteiger partial charge on any atom is -0.481 e. The van der Waals surface area contributed by atoms with Crippen molar-refractivity contribution in [1.82, 2.24) is 0 Å². The molecule has 2 rings (SSSR count). The summed E-state index contributed by atoms with van der Waals surface area (Å²) in [6, 6.07) is 4.60. The number of ether oxygens (including phenoxy) is 1. The van der Waals surface area contributed by atoms with E-state index in [1.54, 1.807) is 0 Å². The average molecular weight is 228 g/mol. The minimum atomic E-state index is 0.677. The van der Waals surface area contributed by atoms with Crippen LogP contribution in [-0.4, -0.2) is 0 Å². The first-order valence-electron chi connectivity index (χ1n) is 6.48. The van der Waals surface area contributed by atoms with Crippen LogP contribution in [0, 0.1) is 0 Å². The molecule has 0 aromatic heterocycles. The molecule has 0 saturated carbocycles. The Bertz CT molecular complexity index is 465. The molecule has 0 spiro atoms. The molecule has 1 heterocycles. The zero-order valence-electron chi connectivity index (χ0n) is 10.8. The molecule has 0 radical (unpaired) electrons. The van der Waals surface area contributed by atoms with Gasteiger partial charge >= 0.3 is 0 Å². The van der Waals surface area contributed by atoms with Crippen molar-refractivity contribution < 1.29 is 4.74 Å². The van der Waals surface area contributed by atoms with E-state index in [0.717, 1.165) is 18.6 Å². The van der Waals surface area contributed by atoms with Crippen molar-refractivity contribution in [3.05, 3.63) is 46.7 Å². The van der Waals surface area contributed by atoms with Crippen LogP contribution in [0.15, 0.2) is 24.4 Å². The van der Waals surface area contributed by atoms with E-state index in [1.807, 2.05) is 0 Å².